The number of allylic oxidation sites excluding steroid dienone is 2. The van der Waals surface area contributed by atoms with E-state index < -0.39 is 58.8 Å². The Morgan fingerprint density at radius 2 is 0.299 bits per heavy atom. The van der Waals surface area contributed by atoms with Gasteiger partial charge in [0, 0.05) is 11.1 Å². The molecular formula is C128H111CoN9O3P6. The average molecular weight is 2070 g/mol. The summed E-state index contributed by atoms with van der Waals surface area (Å²) >= 11 is 0. The fourth-order valence-corrected chi connectivity index (χ4v) is 46.3. The maximum atomic E-state index is 12.6. The molecule has 12 nitrogen and oxygen atoms in total. The van der Waals surface area contributed by atoms with Crippen molar-refractivity contribution in [3.8, 4) is 6.07 Å². The Morgan fingerprint density at radius 3 is 0.367 bits per heavy atom. The van der Waals surface area contributed by atoms with Gasteiger partial charge in [-0.3, -0.25) is 4.79 Å². The second kappa shape index (κ2) is 55.3. The van der Waals surface area contributed by atoms with Crippen molar-refractivity contribution in [1.29, 1.82) is 31.6 Å². The smallest absolute Gasteiger partial charge is 0.512 e. The van der Waals surface area contributed by atoms with Crippen molar-refractivity contribution in [1.82, 2.24) is 12.5 Å². The Morgan fingerprint density at radius 1 is 0.211 bits per heavy atom. The van der Waals surface area contributed by atoms with Crippen LogP contribution in [0.15, 0.2) is 569 Å². The maximum absolute atomic E-state index is 12.6. The number of hydrogen-bond acceptors (Lipinski definition) is 9. The predicted molar refractivity (Wildman–Crippen MR) is 614 cm³/mol. The van der Waals surface area contributed by atoms with Gasteiger partial charge in [-0.15, -0.1) is 12.5 Å². The monoisotopic (exact) mass is 2070 g/mol. The van der Waals surface area contributed by atoms with E-state index >= 15 is 0 Å². The van der Waals surface area contributed by atoms with Gasteiger partial charge < -0.3 is 59.2 Å². The fraction of sp³-hybridized carbons (Fsp3) is 0.0703. The number of ketones is 1. The molecule has 0 saturated carbocycles. The molecule has 1 aliphatic rings. The molecule has 0 spiro atoms. The van der Waals surface area contributed by atoms with Crippen LogP contribution in [0.5, 0.6) is 0 Å². The number of carbonyl (C=O) groups is 1. The van der Waals surface area contributed by atoms with E-state index in [0.29, 0.717) is 11.1 Å². The van der Waals surface area contributed by atoms with Crippen molar-refractivity contribution < 1.29 is 31.7 Å². The van der Waals surface area contributed by atoms with Crippen LogP contribution in [-0.2, 0) is 26.5 Å². The molecule has 19 rings (SSSR count). The molecule has 0 amide bonds. The topological polar surface area (TPSA) is 232 Å². The van der Waals surface area contributed by atoms with Crippen molar-refractivity contribution >= 4 is 144 Å². The minimum Gasteiger partial charge on any atom is -0.512 e. The molecule has 0 saturated heterocycles. The van der Waals surface area contributed by atoms with Gasteiger partial charge in [0.2, 0.25) is 5.60 Å². The van der Waals surface area contributed by atoms with E-state index in [0.717, 1.165) is 0 Å². The normalized spacial score (nSPS) is 11.7. The number of carbonyl (C=O) groups excluding carboxylic acids is 1. The first-order valence-corrected chi connectivity index (χ1v) is 57.4. The van der Waals surface area contributed by atoms with Gasteiger partial charge in [-0.25, -0.2) is 10.1 Å². The predicted octanol–water partition coefficient (Wildman–Crippen LogP) is 23.0. The summed E-state index contributed by atoms with van der Waals surface area (Å²) in [4.78, 5) is 16.9. The molecule has 725 valence electrons. The van der Waals surface area contributed by atoms with E-state index in [4.69, 9.17) is 76.9 Å². The number of rotatable bonds is 19. The molecule has 0 fully saturated rings. The van der Waals surface area contributed by atoms with Crippen LogP contribution in [0.2, 0.25) is 0 Å². The summed E-state index contributed by atoms with van der Waals surface area (Å²) in [6.07, 6.45) is 2.81. The minimum absolute atomic E-state index is 0. The van der Waals surface area contributed by atoms with E-state index in [9.17, 15) is 10.1 Å². The fourth-order valence-electron chi connectivity index (χ4n) is 17.8. The van der Waals surface area contributed by atoms with Gasteiger partial charge in [0.1, 0.15) is 6.07 Å². The average Bonchev–Trinajstić information content (AvgIpc) is 0.723. The van der Waals surface area contributed by atoms with Gasteiger partial charge in [-0.05, 0) is 241 Å². The first kappa shape index (κ1) is 113. The van der Waals surface area contributed by atoms with Crippen LogP contribution in [0, 0.1) is 81.3 Å². The van der Waals surface area contributed by atoms with E-state index in [1.807, 2.05) is 47.6 Å². The standard InChI is InChI=1S/3C36H30NP2.C15H21NO3.5CN.Co/c3*1-7-19-31(20-8-1)38(32-21-9-2-10-22-32,33-23-11-3-12-24-33)37-39(34-25-13-4-14-26-34,35-27-15-5-16-28-35)36-29-17-6-18-30-36;1-13(2,3)10-7-15(9-16,19-18)8-11(12(10)17)14(4,5)6;5*1-2;/h3*1-30H;7-8,18H,1-6H3;;;;;;/q3*+1;;5*-1;+2. The second-order valence-electron chi connectivity index (χ2n) is 35.1. The number of benzene rings is 18. The van der Waals surface area contributed by atoms with Crippen LogP contribution < -0.4 is 108 Å². The molecule has 147 heavy (non-hydrogen) atoms. The van der Waals surface area contributed by atoms with Gasteiger partial charge in [-0.2, -0.15) is 5.26 Å². The Kier molecular flexibility index (Phi) is 42.6. The molecule has 1 aliphatic carbocycles. The van der Waals surface area contributed by atoms with E-state index in [1.54, 1.807) is 0 Å². The number of nitrogens with zero attached hydrogens (tertiary/aromatic N) is 9. The zero-order chi connectivity index (χ0) is 104. The number of hydrogen-bond donors (Lipinski definition) is 1. The van der Waals surface area contributed by atoms with Crippen molar-refractivity contribution in [2.24, 2.45) is 10.8 Å². The molecule has 0 bridgehead atoms. The van der Waals surface area contributed by atoms with Gasteiger partial charge in [0.25, 0.3) is 0 Å². The molecule has 0 unspecified atom stereocenters. The number of Topliss-reactive ketones (excluding diaryl/α,β-unsaturated/α-hetero) is 1. The van der Waals surface area contributed by atoms with E-state index in [-0.39, 0.29) is 22.6 Å². The Balaban J connectivity index is 0.000000199. The van der Waals surface area contributed by atoms with Crippen LogP contribution in [0.1, 0.15) is 41.5 Å². The van der Waals surface area contributed by atoms with E-state index in [2.05, 4.69) is 551 Å². The van der Waals surface area contributed by atoms with Gasteiger partial charge in [-0.1, -0.05) is 369 Å². The summed E-state index contributed by atoms with van der Waals surface area (Å²) in [7, 11) is -15.0. The van der Waals surface area contributed by atoms with Crippen LogP contribution in [0.25, 0.3) is 0 Å². The first-order chi connectivity index (χ1) is 71.5. The summed E-state index contributed by atoms with van der Waals surface area (Å²) in [5, 5.41) is 72.2. The van der Waals surface area contributed by atoms with E-state index in [1.165, 1.54) is 108 Å². The third-order valence-electron chi connectivity index (χ3n) is 24.3. The van der Waals surface area contributed by atoms with Crippen molar-refractivity contribution in [3.05, 3.63) is 602 Å². The van der Waals surface area contributed by atoms with Crippen molar-refractivity contribution in [3.63, 3.8) is 0 Å². The molecule has 0 aromatic heterocycles. The second-order valence-corrected chi connectivity index (χ2v) is 54.1. The minimum atomic E-state index is -2.50. The SMILES string of the molecule is CC(C)(C)C1=CC(C#N)(OO)C=C(C(C)(C)C)C1=O.[C-]#N.[C-]#N.[C-]#N.[C-]#N.[C-]#N.[Co+2].c1ccc(P(=[N+]=P(c2ccccc2)(c2ccccc2)c2ccccc2)(c2ccccc2)c2ccccc2)cc1.c1ccc(P(=[N+]=P(c2ccccc2)(c2ccccc2)c2ccccc2)(c2ccccc2)c2ccccc2)cc1.c1ccc(P(=[N+]=P(c2ccccc2)(c2ccccc2)c2ccccc2)(c2ccccc2)c2ccccc2)cc1. The number of nitriles is 1. The van der Waals surface area contributed by atoms with Gasteiger partial charge >= 0.3 is 59.1 Å². The molecule has 0 heterocycles. The zero-order valence-electron chi connectivity index (χ0n) is 82.4. The molecular weight excluding hydrogens is 1960 g/mol. The quantitative estimate of drug-likeness (QED) is 0.0266. The molecule has 18 aromatic rings. The Hall–Kier alpha value is -15.8. The third-order valence-corrected chi connectivity index (χ3v) is 49.5. The Labute approximate surface area is 878 Å². The molecule has 1 radical (unpaired) electrons. The maximum Gasteiger partial charge on any atom is 2.00 e. The summed E-state index contributed by atoms with van der Waals surface area (Å²) < 4.78 is 19.1. The van der Waals surface area contributed by atoms with Crippen LogP contribution in [0.4, 0.5) is 0 Å². The summed E-state index contributed by atoms with van der Waals surface area (Å²) in [5.41, 5.74) is -1.48. The molecule has 18 aromatic carbocycles. The van der Waals surface area contributed by atoms with Crippen molar-refractivity contribution in [2.45, 2.75) is 47.1 Å². The van der Waals surface area contributed by atoms with Crippen molar-refractivity contribution in [2.75, 3.05) is 0 Å². The largest absolute Gasteiger partial charge is 2.00 e. The summed E-state index contributed by atoms with van der Waals surface area (Å²) in [6.45, 7) is 35.1. The molecule has 0 aliphatic heterocycles. The van der Waals surface area contributed by atoms with Gasteiger partial charge in [0.15, 0.2) is 5.78 Å². The van der Waals surface area contributed by atoms with Crippen LogP contribution in [0.3, 0.4) is 0 Å². The third kappa shape index (κ3) is 25.4. The molecule has 19 heteroatoms. The summed E-state index contributed by atoms with van der Waals surface area (Å²) in [6, 6.07) is 199. The molecule has 1 N–H and O–H groups in total. The molecule has 0 atom stereocenters. The summed E-state index contributed by atoms with van der Waals surface area (Å²) in [5.74, 6) is -0.0945. The first-order valence-electron chi connectivity index (χ1n) is 47.0. The Bertz CT molecular complexity index is 6110. The zero-order valence-corrected chi connectivity index (χ0v) is 88.8. The van der Waals surface area contributed by atoms with Crippen LogP contribution in [-0.4, -0.2) is 16.6 Å². The van der Waals surface area contributed by atoms with Crippen LogP contribution >= 0.6 is 42.3 Å². The van der Waals surface area contributed by atoms with Gasteiger partial charge in [0.05, 0.1) is 95.5 Å².